The molecule has 0 radical (unpaired) electrons. The van der Waals surface area contributed by atoms with E-state index in [0.717, 1.165) is 19.3 Å². The summed E-state index contributed by atoms with van der Waals surface area (Å²) in [6.45, 7) is 4.92. The van der Waals surface area contributed by atoms with Gasteiger partial charge in [0.1, 0.15) is 13.2 Å². The average Bonchev–Trinajstić information content (AvgIpc) is 2.84. The molecule has 0 saturated carbocycles. The summed E-state index contributed by atoms with van der Waals surface area (Å²) in [4.78, 5) is 45.7. The van der Waals surface area contributed by atoms with Gasteiger partial charge in [0.05, 0.1) is 45.7 Å². The molecule has 0 aliphatic heterocycles. The molecule has 0 aromatic rings. The molecule has 204 valence electrons. The number of nitrogens with one attached hydrogen (secondary N) is 4. The zero-order chi connectivity index (χ0) is 26.2. The highest BCUT2D eigenvalue weighted by Crippen LogP contribution is 2.06. The molecule has 0 aliphatic rings. The highest BCUT2D eigenvalue weighted by atomic mass is 127. The fourth-order valence-corrected chi connectivity index (χ4v) is 4.09. The first-order chi connectivity index (χ1) is 16.9. The molecule has 0 spiro atoms. The maximum absolute atomic E-state index is 11.7. The Morgan fingerprint density at radius 2 is 1.17 bits per heavy atom. The molecule has 0 bridgehead atoms. The van der Waals surface area contributed by atoms with Gasteiger partial charge in [0.15, 0.2) is 0 Å². The first-order valence-corrected chi connectivity index (χ1v) is 13.7. The lowest BCUT2D eigenvalue weighted by molar-refractivity contribution is -0.127. The predicted molar refractivity (Wildman–Crippen MR) is 146 cm³/mol. The maximum Gasteiger partial charge on any atom is 0.246 e. The average molecular weight is 728 g/mol. The summed E-state index contributed by atoms with van der Waals surface area (Å²) in [6, 6.07) is -0.152. The van der Waals surface area contributed by atoms with E-state index in [0.29, 0.717) is 52.5 Å². The monoisotopic (exact) mass is 728 g/mol. The van der Waals surface area contributed by atoms with Crippen LogP contribution < -0.4 is 19.5 Å². The van der Waals surface area contributed by atoms with E-state index in [9.17, 15) is 19.2 Å². The van der Waals surface area contributed by atoms with Crippen molar-refractivity contribution >= 4 is 67.0 Å². The van der Waals surface area contributed by atoms with Gasteiger partial charge in [-0.25, -0.2) is 3.53 Å². The molecule has 35 heavy (non-hydrogen) atoms. The second-order valence-corrected chi connectivity index (χ2v) is 8.88. The van der Waals surface area contributed by atoms with Crippen LogP contribution in [0, 0.1) is 0 Å². The van der Waals surface area contributed by atoms with Crippen LogP contribution in [0.15, 0.2) is 0 Å². The van der Waals surface area contributed by atoms with E-state index in [4.69, 9.17) is 18.9 Å². The van der Waals surface area contributed by atoms with Crippen molar-refractivity contribution in [2.75, 3.05) is 72.5 Å². The smallest absolute Gasteiger partial charge is 0.246 e. The summed E-state index contributed by atoms with van der Waals surface area (Å²) in [5, 5.41) is 8.13. The zero-order valence-electron chi connectivity index (χ0n) is 20.2. The van der Waals surface area contributed by atoms with Gasteiger partial charge in [0, 0.05) is 71.5 Å². The SMILES string of the molecule is CCC(=O)NCCOCCOCC(=O)NCCOCCOCC(=O)NCCCC[C@H](NI)C(=O)I. The van der Waals surface area contributed by atoms with Crippen molar-refractivity contribution in [1.82, 2.24) is 19.5 Å². The number of carbonyl (C=O) groups excluding carboxylic acids is 4. The summed E-state index contributed by atoms with van der Waals surface area (Å²) < 4.78 is 24.1. The zero-order valence-corrected chi connectivity index (χ0v) is 24.5. The Labute approximate surface area is 234 Å². The molecule has 0 aromatic heterocycles. The van der Waals surface area contributed by atoms with Crippen LogP contribution in [0.2, 0.25) is 0 Å². The number of halogens is 2. The predicted octanol–water partition coefficient (Wildman–Crippen LogP) is 0.252. The number of carbonyl (C=O) groups is 4. The van der Waals surface area contributed by atoms with Crippen LogP contribution in [0.1, 0.15) is 32.6 Å². The fraction of sp³-hybridized carbons (Fsp3) is 0.810. The molecule has 0 aliphatic carbocycles. The Balaban J connectivity index is 3.39. The molecule has 0 aromatic carbocycles. The minimum atomic E-state index is -0.251. The first-order valence-electron chi connectivity index (χ1n) is 11.6. The molecule has 12 nitrogen and oxygen atoms in total. The largest absolute Gasteiger partial charge is 0.377 e. The van der Waals surface area contributed by atoms with Gasteiger partial charge in [-0.1, -0.05) is 6.92 Å². The highest BCUT2D eigenvalue weighted by molar-refractivity contribution is 14.1. The van der Waals surface area contributed by atoms with Crippen molar-refractivity contribution in [3.8, 4) is 0 Å². The Morgan fingerprint density at radius 3 is 1.66 bits per heavy atom. The third-order valence-electron chi connectivity index (χ3n) is 4.32. The Kier molecular flexibility index (Phi) is 24.5. The second kappa shape index (κ2) is 25.0. The van der Waals surface area contributed by atoms with Crippen LogP contribution in [-0.4, -0.2) is 100 Å². The molecule has 3 amide bonds. The molecule has 0 saturated heterocycles. The van der Waals surface area contributed by atoms with Crippen LogP contribution in [0.4, 0.5) is 0 Å². The fourth-order valence-electron chi connectivity index (χ4n) is 2.43. The van der Waals surface area contributed by atoms with Gasteiger partial charge >= 0.3 is 0 Å². The van der Waals surface area contributed by atoms with E-state index in [1.165, 1.54) is 0 Å². The molecule has 0 unspecified atom stereocenters. The van der Waals surface area contributed by atoms with Gasteiger partial charge in [0.2, 0.25) is 21.5 Å². The minimum Gasteiger partial charge on any atom is -0.377 e. The molecule has 1 atom stereocenters. The Hall–Kier alpha value is -0.660. The van der Waals surface area contributed by atoms with Crippen LogP contribution in [-0.2, 0) is 38.1 Å². The molecule has 14 heteroatoms. The molecular weight excluding hydrogens is 690 g/mol. The van der Waals surface area contributed by atoms with Crippen LogP contribution in [0.25, 0.3) is 0 Å². The second-order valence-electron chi connectivity index (χ2n) is 7.19. The first kappa shape index (κ1) is 34.3. The van der Waals surface area contributed by atoms with E-state index in [-0.39, 0.29) is 54.0 Å². The maximum atomic E-state index is 11.7. The van der Waals surface area contributed by atoms with Crippen molar-refractivity contribution < 1.29 is 38.1 Å². The van der Waals surface area contributed by atoms with Gasteiger partial charge in [-0.05, 0) is 19.3 Å². The highest BCUT2D eigenvalue weighted by Gasteiger charge is 2.12. The van der Waals surface area contributed by atoms with E-state index < -0.39 is 0 Å². The van der Waals surface area contributed by atoms with E-state index in [2.05, 4.69) is 19.5 Å². The third-order valence-corrected chi connectivity index (χ3v) is 5.82. The quantitative estimate of drug-likeness (QED) is 0.0475. The Bertz CT molecular complexity index is 602. The molecule has 4 N–H and O–H groups in total. The van der Waals surface area contributed by atoms with E-state index >= 15 is 0 Å². The number of rotatable bonds is 24. The van der Waals surface area contributed by atoms with E-state index in [1.54, 1.807) is 29.5 Å². The van der Waals surface area contributed by atoms with Gasteiger partial charge < -0.3 is 34.9 Å². The summed E-state index contributed by atoms with van der Waals surface area (Å²) >= 11 is 3.75. The summed E-state index contributed by atoms with van der Waals surface area (Å²) in [5.41, 5.74) is 0. The lowest BCUT2D eigenvalue weighted by Crippen LogP contribution is -2.32. The number of ether oxygens (including phenoxy) is 4. The number of amides is 3. The summed E-state index contributed by atoms with van der Waals surface area (Å²) in [5.74, 6) is -0.465. The van der Waals surface area contributed by atoms with Crippen LogP contribution in [0.3, 0.4) is 0 Å². The topological polar surface area (TPSA) is 153 Å². The normalized spacial score (nSPS) is 11.6. The van der Waals surface area contributed by atoms with Crippen molar-refractivity contribution in [3.63, 3.8) is 0 Å². The van der Waals surface area contributed by atoms with Crippen LogP contribution in [0.5, 0.6) is 0 Å². The summed E-state index contributed by atoms with van der Waals surface area (Å²) in [7, 11) is 0. The van der Waals surface area contributed by atoms with Crippen molar-refractivity contribution in [2.24, 2.45) is 0 Å². The van der Waals surface area contributed by atoms with Crippen molar-refractivity contribution in [3.05, 3.63) is 0 Å². The third kappa shape index (κ3) is 23.5. The van der Waals surface area contributed by atoms with Gasteiger partial charge in [0.25, 0.3) is 0 Å². The Morgan fingerprint density at radius 1 is 0.686 bits per heavy atom. The molecular formula is C21H38I2N4O8. The van der Waals surface area contributed by atoms with Gasteiger partial charge in [-0.2, -0.15) is 0 Å². The number of hydrogen-bond donors (Lipinski definition) is 4. The van der Waals surface area contributed by atoms with Gasteiger partial charge in [-0.3, -0.25) is 19.2 Å². The molecule has 0 fully saturated rings. The number of unbranched alkanes of at least 4 members (excludes halogenated alkanes) is 1. The molecule has 0 heterocycles. The standard InChI is InChI=1S/C21H38I2N4O8/c1-2-18(28)25-7-9-32-11-14-35-16-20(30)26-8-10-33-12-13-34-15-19(29)24-6-4-3-5-17(27-23)21(22)31/h17,27H,2-16H2,1H3,(H,24,29)(H,25,28)(H,26,30)/t17-/m0/s1. The summed E-state index contributed by atoms with van der Waals surface area (Å²) in [6.07, 6.45) is 2.81. The minimum absolute atomic E-state index is 0.0193. The van der Waals surface area contributed by atoms with Crippen molar-refractivity contribution in [2.45, 2.75) is 38.6 Å². The van der Waals surface area contributed by atoms with Crippen LogP contribution >= 0.6 is 45.5 Å². The lowest BCUT2D eigenvalue weighted by Gasteiger charge is -2.10. The van der Waals surface area contributed by atoms with Gasteiger partial charge in [-0.15, -0.1) is 0 Å². The van der Waals surface area contributed by atoms with E-state index in [1.807, 2.05) is 22.9 Å². The molecule has 0 rings (SSSR count). The number of hydrogen-bond acceptors (Lipinski definition) is 9. The van der Waals surface area contributed by atoms with Crippen molar-refractivity contribution in [1.29, 1.82) is 0 Å². The lowest BCUT2D eigenvalue weighted by atomic mass is 10.1.